The van der Waals surface area contributed by atoms with Crippen molar-refractivity contribution in [1.82, 2.24) is 38.4 Å². The topological polar surface area (TPSA) is 181 Å². The predicted octanol–water partition coefficient (Wildman–Crippen LogP) is 21.5. The summed E-state index contributed by atoms with van der Waals surface area (Å²) in [4.78, 5) is 31.6. The van der Waals surface area contributed by atoms with Crippen LogP contribution in [0.4, 0.5) is 39.5 Å². The van der Waals surface area contributed by atoms with Crippen LogP contribution in [0.25, 0.3) is 54.5 Å². The molecule has 3 fully saturated rings. The van der Waals surface area contributed by atoms with Crippen LogP contribution in [-0.4, -0.2) is 135 Å². The number of methoxy groups -OCH3 is 2. The fourth-order valence-electron chi connectivity index (χ4n) is 15.5. The molecule has 14 rings (SSSR count). The van der Waals surface area contributed by atoms with E-state index in [9.17, 15) is 62.6 Å². The van der Waals surface area contributed by atoms with Crippen LogP contribution in [-0.2, 0) is 55.5 Å². The number of nitrogens with one attached hydrogen (secondary N) is 2. The third-order valence-corrected chi connectivity index (χ3v) is 24.9. The highest BCUT2D eigenvalue weighted by molar-refractivity contribution is 9.11. The lowest BCUT2D eigenvalue weighted by atomic mass is 9.79. The number of aryl methyl sites for hydroxylation is 4. The van der Waals surface area contributed by atoms with Gasteiger partial charge in [-0.15, -0.1) is 0 Å². The van der Waals surface area contributed by atoms with Crippen LogP contribution in [0, 0.1) is 23.7 Å². The zero-order valence-electron chi connectivity index (χ0n) is 64.1. The van der Waals surface area contributed by atoms with E-state index >= 15 is 0 Å². The van der Waals surface area contributed by atoms with E-state index in [4.69, 9.17) is 14.6 Å². The molecule has 7 heterocycles. The molecule has 4 N–H and O–H groups in total. The maximum Gasteiger partial charge on any atom is 0.391 e. The number of aromatic carboxylic acids is 1. The normalized spacial score (nSPS) is 16.6. The molecule has 0 unspecified atom stereocenters. The van der Waals surface area contributed by atoms with E-state index in [1.807, 2.05) is 78.2 Å². The third-order valence-electron chi connectivity index (χ3n) is 21.7. The Morgan fingerprint density at radius 2 is 0.920 bits per heavy atom. The largest absolute Gasteiger partial charge is 0.482 e. The van der Waals surface area contributed by atoms with E-state index in [2.05, 4.69) is 127 Å². The van der Waals surface area contributed by atoms with Gasteiger partial charge in [0.1, 0.15) is 0 Å². The number of halogens is 12. The van der Waals surface area contributed by atoms with Crippen LogP contribution >= 0.6 is 47.8 Å². The number of piperidine rings is 2. The van der Waals surface area contributed by atoms with Crippen molar-refractivity contribution in [3.63, 3.8) is 0 Å². The molecule has 610 valence electrons. The summed E-state index contributed by atoms with van der Waals surface area (Å²) in [7, 11) is 0.000256. The molecule has 1 aliphatic carbocycles. The maximum atomic E-state index is 13.1. The number of amides is 1. The monoisotopic (exact) mass is 1780 g/mol. The number of likely N-dealkylation sites (tertiary alicyclic amines) is 2. The fraction of sp³-hybridized carbons (Fsp3) is 0.429. The Kier molecular flexibility index (Phi) is 29.7. The first-order chi connectivity index (χ1) is 53.7. The van der Waals surface area contributed by atoms with Gasteiger partial charge in [-0.1, -0.05) is 66.8 Å². The molecule has 2 aliphatic heterocycles. The first-order valence-corrected chi connectivity index (χ1v) is 42.0. The molecule has 1 amide bonds. The number of carboxylic acid groups (broad SMARTS) is 1. The van der Waals surface area contributed by atoms with Crippen molar-refractivity contribution in [2.24, 2.45) is 23.7 Å². The second-order valence-electron chi connectivity index (χ2n) is 28.7. The lowest BCUT2D eigenvalue weighted by Gasteiger charge is -2.33. The average molecular weight is 1790 g/mol. The molecule has 5 aromatic heterocycles. The minimum absolute atomic E-state index is 0.0208. The number of ether oxygens (including phenoxy) is 2. The number of sulfone groups is 1. The van der Waals surface area contributed by atoms with Crippen molar-refractivity contribution >= 4 is 124 Å². The molecule has 1 saturated carbocycles. The minimum Gasteiger partial charge on any atom is -0.482 e. The predicted molar refractivity (Wildman–Crippen MR) is 437 cm³/mol. The number of aliphatic hydroxyl groups excluding tert-OH is 1. The lowest BCUT2D eigenvalue weighted by molar-refractivity contribution is -0.186. The molecule has 6 aromatic carbocycles. The van der Waals surface area contributed by atoms with E-state index < -0.39 is 58.1 Å². The van der Waals surface area contributed by atoms with Gasteiger partial charge in [-0.3, -0.25) is 14.6 Å². The second kappa shape index (κ2) is 38.3. The number of aromatic nitrogens is 5. The number of aromatic amines is 1. The number of alkyl halides is 9. The van der Waals surface area contributed by atoms with Crippen LogP contribution in [0.1, 0.15) is 135 Å². The maximum absolute atomic E-state index is 13.1. The Hall–Kier alpha value is -7.80. The Bertz CT molecular complexity index is 5170. The highest BCUT2D eigenvalue weighted by atomic mass is 79.9. The van der Waals surface area contributed by atoms with Gasteiger partial charge in [-0.05, 0) is 244 Å². The average Bonchev–Trinajstić information content (AvgIpc) is 1.66. The Morgan fingerprint density at radius 1 is 0.504 bits per heavy atom. The number of H-pyrrole nitrogens is 1. The lowest BCUT2D eigenvalue weighted by Crippen LogP contribution is -2.38. The van der Waals surface area contributed by atoms with Crippen LogP contribution in [0.15, 0.2) is 164 Å². The van der Waals surface area contributed by atoms with Gasteiger partial charge in [0.15, 0.2) is 21.6 Å². The standard InChI is InChI=1S/C28H34F3N3O4S.C18H21BrF3N.C18H21F3N2O2.C11H12BrNO.C9H8BrNO/c1-3-34-23(17-33-13-11-22(12-14-33)28(29,30)31)16-21-15-20(7-10-26(21)34)27(36)32-25(18-35)19-5-8-24(9-6-19)39(37,38)4-2;1-2-23-16(11-13-10-15(19)7-8-17(13)23)9-12-3-5-14(6-4-12)18(20,21)22;1-2-23-15(10-13-9-12(17(24)25)3-4-16(13)23)11-22-7-5-14(6-8-22)18(19,20)21;1-3-13-10-5-4-9(12)6-8(10)7-11(13)14-2;1-12-9-5-6-4-7(10)2-3-8(6)11-9/h5-10,15-16,22,25,35H,3-4,11-14,17-18H2,1-2H3,(H,32,36);7-8,10-12,14H,2-6,9H2,1H3;3-4,9-10,14H,2,5-8,11H2,1H3,(H,24,25);4-7H,3H2,1-2H3;2-5,11H,1H3/t25-;;;;/m0..../s1. The summed E-state index contributed by atoms with van der Waals surface area (Å²) in [6.45, 7) is 15.4. The van der Waals surface area contributed by atoms with Crippen LogP contribution < -0.4 is 14.8 Å². The van der Waals surface area contributed by atoms with E-state index in [1.165, 1.54) is 39.6 Å². The van der Waals surface area contributed by atoms with Gasteiger partial charge < -0.3 is 48.3 Å². The van der Waals surface area contributed by atoms with Crippen LogP contribution in [0.5, 0.6) is 11.8 Å². The number of benzene rings is 6. The number of aliphatic hydroxyl groups is 1. The Balaban J connectivity index is 0.000000159. The van der Waals surface area contributed by atoms with E-state index in [0.29, 0.717) is 75.7 Å². The summed E-state index contributed by atoms with van der Waals surface area (Å²) in [6.07, 6.45) is -8.98. The van der Waals surface area contributed by atoms with Crippen molar-refractivity contribution in [3.05, 3.63) is 193 Å². The van der Waals surface area contributed by atoms with Crippen molar-refractivity contribution in [2.75, 3.05) is 52.8 Å². The van der Waals surface area contributed by atoms with Gasteiger partial charge in [-0.2, -0.15) is 39.5 Å². The van der Waals surface area contributed by atoms with Gasteiger partial charge in [0.2, 0.25) is 0 Å². The summed E-state index contributed by atoms with van der Waals surface area (Å²) in [5, 5.41) is 27.1. The van der Waals surface area contributed by atoms with Crippen LogP contribution in [0.2, 0.25) is 0 Å². The molecular weight excluding hydrogens is 1690 g/mol. The number of rotatable bonds is 19. The Labute approximate surface area is 677 Å². The zero-order valence-corrected chi connectivity index (χ0v) is 69.6. The highest BCUT2D eigenvalue weighted by Crippen LogP contribution is 2.42. The third kappa shape index (κ3) is 22.0. The number of carboxylic acids is 1. The van der Waals surface area contributed by atoms with Crippen molar-refractivity contribution in [2.45, 2.75) is 161 Å². The molecule has 16 nitrogen and oxygen atoms in total. The Morgan fingerprint density at radius 3 is 1.37 bits per heavy atom. The summed E-state index contributed by atoms with van der Waals surface area (Å²) >= 11 is 10.4. The summed E-state index contributed by atoms with van der Waals surface area (Å²) in [5.41, 5.74) is 9.84. The molecule has 113 heavy (non-hydrogen) atoms. The quantitative estimate of drug-likeness (QED) is 0.0569. The zero-order chi connectivity index (χ0) is 81.9. The number of carbonyl (C=O) groups excluding carboxylic acids is 1. The van der Waals surface area contributed by atoms with Gasteiger partial charge in [0, 0.05) is 136 Å². The molecule has 0 bridgehead atoms. The van der Waals surface area contributed by atoms with E-state index in [0.717, 1.165) is 95.3 Å². The molecule has 2 saturated heterocycles. The highest BCUT2D eigenvalue weighted by Gasteiger charge is 2.43. The number of hydrogen-bond donors (Lipinski definition) is 4. The first-order valence-electron chi connectivity index (χ1n) is 38.0. The minimum atomic E-state index is -4.14. The molecule has 0 spiro atoms. The van der Waals surface area contributed by atoms with Gasteiger partial charge >= 0.3 is 24.5 Å². The molecule has 3 aliphatic rings. The number of nitrogens with zero attached hydrogens (tertiary/aromatic N) is 6. The molecular formula is C84H96Br3F9N8O8S. The molecule has 29 heteroatoms. The smallest absolute Gasteiger partial charge is 0.391 e. The van der Waals surface area contributed by atoms with Crippen molar-refractivity contribution in [1.29, 1.82) is 0 Å². The summed E-state index contributed by atoms with van der Waals surface area (Å²) in [6, 6.07) is 44.4. The molecule has 1 atom stereocenters. The van der Waals surface area contributed by atoms with E-state index in [1.54, 1.807) is 63.6 Å². The van der Waals surface area contributed by atoms with Crippen molar-refractivity contribution < 1.29 is 77.2 Å². The SMILES string of the molecule is CCn1c(CC2CCC(C(F)(F)F)CC2)cc2cc(Br)ccc21.CCn1c(CN2CCC(C(F)(F)F)CC2)cc2cc(C(=O)N[C@@H](CO)c3ccc(S(=O)(=O)CC)cc3)ccc21.CCn1c(CN2CCC(C(F)(F)F)CC2)cc2cc(C(=O)O)ccc21.CCn1c(OC)cc2cc(Br)ccc21.COc1cc2cc(Br)ccc2[nH]1. The van der Waals surface area contributed by atoms with Gasteiger partial charge in [-0.25, -0.2) is 13.2 Å². The fourth-order valence-corrected chi connectivity index (χ4v) is 17.5. The summed E-state index contributed by atoms with van der Waals surface area (Å²) < 4.78 is 162. The number of fused-ring (bicyclic) bond motifs is 5. The number of hydrogen-bond acceptors (Lipinski definition) is 9. The molecule has 11 aromatic rings. The number of carbonyl (C=O) groups is 2. The van der Waals surface area contributed by atoms with Gasteiger partial charge in [0.25, 0.3) is 5.91 Å². The van der Waals surface area contributed by atoms with E-state index in [-0.39, 0.29) is 67.3 Å². The first kappa shape index (κ1) is 87.6. The van der Waals surface area contributed by atoms with Crippen molar-refractivity contribution in [3.8, 4) is 11.8 Å². The molecule has 0 radical (unpaired) electrons. The summed E-state index contributed by atoms with van der Waals surface area (Å²) in [5.74, 6) is -2.83. The second-order valence-corrected chi connectivity index (χ2v) is 33.8. The van der Waals surface area contributed by atoms with Gasteiger partial charge in [0.05, 0.1) is 66.4 Å². The van der Waals surface area contributed by atoms with Crippen LogP contribution in [0.3, 0.4) is 0 Å².